The zero-order valence-electron chi connectivity index (χ0n) is 31.5. The van der Waals surface area contributed by atoms with Crippen molar-refractivity contribution in [1.29, 1.82) is 5.26 Å². The Morgan fingerprint density at radius 2 is 1.29 bits per heavy atom. The largest absolute Gasteiger partial charge is 0.481 e. The van der Waals surface area contributed by atoms with Crippen LogP contribution in [-0.2, 0) is 25.2 Å². The number of aliphatic carboxylic acids is 1. The van der Waals surface area contributed by atoms with Crippen molar-refractivity contribution >= 4 is 72.6 Å². The van der Waals surface area contributed by atoms with Crippen LogP contribution in [0.3, 0.4) is 0 Å². The van der Waals surface area contributed by atoms with Crippen molar-refractivity contribution in [2.45, 2.75) is 44.9 Å². The Balaban J connectivity index is 1.27. The Morgan fingerprint density at radius 1 is 0.764 bits per heavy atom. The molecule has 8 rings (SSSR count). The molecule has 0 radical (unpaired) electrons. The van der Waals surface area contributed by atoms with Crippen LogP contribution < -0.4 is 4.90 Å². The maximum atomic E-state index is 12.0. The molecule has 0 fully saturated rings. The van der Waals surface area contributed by atoms with Crippen molar-refractivity contribution in [2.24, 2.45) is 0 Å². The molecule has 0 aromatic heterocycles. The SMILES string of the molecule is CC1(C)C(/C(C#N)=C/C=C/C=C2\N(CCOC=O)c3c(c4ccccc4c4ccccc34)C2(C)C)=[N+](CCC(=O)O)c2c1c1ccccc1c1ccccc21. The summed E-state index contributed by atoms with van der Waals surface area (Å²) in [5.41, 5.74) is 5.65. The third-order valence-electron chi connectivity index (χ3n) is 11.4. The van der Waals surface area contributed by atoms with E-state index in [1.807, 2.05) is 42.5 Å². The first-order valence-electron chi connectivity index (χ1n) is 18.7. The number of allylic oxidation sites excluding steroid dienone is 6. The van der Waals surface area contributed by atoms with Gasteiger partial charge < -0.3 is 14.7 Å². The van der Waals surface area contributed by atoms with E-state index in [9.17, 15) is 20.0 Å². The van der Waals surface area contributed by atoms with Crippen LogP contribution in [0, 0.1) is 11.3 Å². The second kappa shape index (κ2) is 13.7. The Morgan fingerprint density at radius 3 is 1.87 bits per heavy atom. The van der Waals surface area contributed by atoms with Gasteiger partial charge in [0.05, 0.1) is 23.0 Å². The predicted molar refractivity (Wildman–Crippen MR) is 221 cm³/mol. The van der Waals surface area contributed by atoms with Gasteiger partial charge >= 0.3 is 5.97 Å². The van der Waals surface area contributed by atoms with E-state index < -0.39 is 16.8 Å². The van der Waals surface area contributed by atoms with Crippen molar-refractivity contribution in [3.8, 4) is 6.07 Å². The van der Waals surface area contributed by atoms with Crippen LogP contribution in [0.2, 0.25) is 0 Å². The van der Waals surface area contributed by atoms with E-state index in [0.717, 1.165) is 60.7 Å². The minimum Gasteiger partial charge on any atom is -0.481 e. The molecule has 0 saturated carbocycles. The fourth-order valence-electron chi connectivity index (χ4n) is 9.33. The number of carbonyl (C=O) groups excluding carboxylic acids is 1. The molecule has 0 unspecified atom stereocenters. The molecule has 272 valence electrons. The number of hydrogen-bond donors (Lipinski definition) is 1. The van der Waals surface area contributed by atoms with E-state index in [-0.39, 0.29) is 19.6 Å². The normalized spacial score (nSPS) is 16.7. The molecule has 2 aliphatic heterocycles. The van der Waals surface area contributed by atoms with E-state index in [0.29, 0.717) is 18.6 Å². The molecule has 55 heavy (non-hydrogen) atoms. The lowest BCUT2D eigenvalue weighted by atomic mass is 9.76. The average Bonchev–Trinajstić information content (AvgIpc) is 3.56. The molecule has 0 aliphatic carbocycles. The maximum absolute atomic E-state index is 12.0. The number of anilines is 1. The number of benzene rings is 6. The molecule has 0 atom stereocenters. The summed E-state index contributed by atoms with van der Waals surface area (Å²) in [5.74, 6) is -0.895. The van der Waals surface area contributed by atoms with Gasteiger partial charge in [0.2, 0.25) is 11.4 Å². The highest BCUT2D eigenvalue weighted by Crippen LogP contribution is 2.54. The Bertz CT molecular complexity index is 2760. The van der Waals surface area contributed by atoms with Gasteiger partial charge in [-0.15, -0.1) is 0 Å². The number of ether oxygens (including phenoxy) is 1. The third-order valence-corrected chi connectivity index (χ3v) is 11.4. The lowest BCUT2D eigenvalue weighted by Gasteiger charge is -2.27. The van der Waals surface area contributed by atoms with Crippen molar-refractivity contribution in [3.63, 3.8) is 0 Å². The first kappa shape index (κ1) is 35.5. The van der Waals surface area contributed by atoms with Crippen molar-refractivity contribution < 1.29 is 24.0 Å². The van der Waals surface area contributed by atoms with Crippen molar-refractivity contribution in [1.82, 2.24) is 0 Å². The fraction of sp³-hybridized carbons (Fsp3) is 0.208. The van der Waals surface area contributed by atoms with Gasteiger partial charge in [-0.2, -0.15) is 9.84 Å². The van der Waals surface area contributed by atoms with Gasteiger partial charge in [0.15, 0.2) is 6.54 Å². The van der Waals surface area contributed by atoms with E-state index in [2.05, 4.69) is 122 Å². The minimum atomic E-state index is -0.895. The molecule has 7 nitrogen and oxygen atoms in total. The molecule has 6 aromatic rings. The number of carboxylic acids is 1. The van der Waals surface area contributed by atoms with Crippen LogP contribution in [0.25, 0.3) is 43.1 Å². The fourth-order valence-corrected chi connectivity index (χ4v) is 9.33. The van der Waals surface area contributed by atoms with E-state index in [1.165, 1.54) is 16.3 Å². The first-order chi connectivity index (χ1) is 26.6. The topological polar surface area (TPSA) is 93.6 Å². The second-order valence-corrected chi connectivity index (χ2v) is 15.3. The summed E-state index contributed by atoms with van der Waals surface area (Å²) in [6.07, 6.45) is 7.73. The quantitative estimate of drug-likeness (QED) is 0.0378. The Labute approximate surface area is 320 Å². The Hall–Kier alpha value is -6.52. The number of carbonyl (C=O) groups is 2. The number of nitriles is 1. The van der Waals surface area contributed by atoms with Crippen molar-refractivity contribution in [3.05, 3.63) is 144 Å². The summed E-state index contributed by atoms with van der Waals surface area (Å²) >= 11 is 0. The summed E-state index contributed by atoms with van der Waals surface area (Å²) < 4.78 is 7.31. The molecule has 6 aromatic carbocycles. The van der Waals surface area contributed by atoms with Gasteiger partial charge in [0.25, 0.3) is 6.47 Å². The lowest BCUT2D eigenvalue weighted by Crippen LogP contribution is -2.31. The molecule has 0 bridgehead atoms. The molecular weight excluding hydrogens is 683 g/mol. The first-order valence-corrected chi connectivity index (χ1v) is 18.7. The summed E-state index contributed by atoms with van der Waals surface area (Å²) in [4.78, 5) is 25.5. The third kappa shape index (κ3) is 5.60. The van der Waals surface area contributed by atoms with Gasteiger partial charge in [-0.25, -0.2) is 0 Å². The number of carboxylic acid groups (broad SMARTS) is 1. The summed E-state index contributed by atoms with van der Waals surface area (Å²) in [6, 6.07) is 36.0. The molecule has 2 heterocycles. The van der Waals surface area contributed by atoms with Gasteiger partial charge in [0, 0.05) is 22.1 Å². The summed E-state index contributed by atoms with van der Waals surface area (Å²) in [7, 11) is 0. The zero-order valence-corrected chi connectivity index (χ0v) is 31.5. The number of hydrogen-bond acceptors (Lipinski definition) is 5. The number of fused-ring (bicyclic) bond motifs is 12. The van der Waals surface area contributed by atoms with Gasteiger partial charge in [-0.1, -0.05) is 117 Å². The van der Waals surface area contributed by atoms with Crippen LogP contribution in [0.1, 0.15) is 45.2 Å². The maximum Gasteiger partial charge on any atom is 0.309 e. The van der Waals surface area contributed by atoms with E-state index >= 15 is 0 Å². The predicted octanol–water partition coefficient (Wildman–Crippen LogP) is 10.0. The standard InChI is InChI=1S/C48H41N3O4/c1-47(2)40(50(27-28-55-30-52)44-38-22-12-8-18-34(38)32-16-6-10-20-36(32)42(44)47)24-14-5-15-31(29-49)46-48(3,4)43-37-21-11-7-17-33(37)35-19-9-13-23-39(35)45(43)51(46)26-25-41(53)54/h5-24,30H,25-28H2,1-4H3/p+1. The van der Waals surface area contributed by atoms with Crippen LogP contribution in [0.5, 0.6) is 0 Å². The molecular formula is C48H42N3O4+. The highest BCUT2D eigenvalue weighted by molar-refractivity contribution is 6.21. The summed E-state index contributed by atoms with van der Waals surface area (Å²) in [6.45, 7) is 10.1. The highest BCUT2D eigenvalue weighted by Gasteiger charge is 2.50. The highest BCUT2D eigenvalue weighted by atomic mass is 16.5. The zero-order chi connectivity index (χ0) is 38.5. The van der Waals surface area contributed by atoms with Gasteiger partial charge in [-0.3, -0.25) is 9.59 Å². The molecule has 7 heteroatoms. The molecule has 0 amide bonds. The average molecular weight is 725 g/mol. The Kier molecular flexibility index (Phi) is 8.85. The molecule has 0 spiro atoms. The lowest BCUT2D eigenvalue weighted by molar-refractivity contribution is -0.435. The number of rotatable bonds is 10. The minimum absolute atomic E-state index is 0.0799. The smallest absolute Gasteiger partial charge is 0.309 e. The van der Waals surface area contributed by atoms with Crippen LogP contribution >= 0.6 is 0 Å². The van der Waals surface area contributed by atoms with Crippen molar-refractivity contribution in [2.75, 3.05) is 24.6 Å². The van der Waals surface area contributed by atoms with Crippen LogP contribution in [0.4, 0.5) is 11.4 Å². The van der Waals surface area contributed by atoms with Crippen LogP contribution in [0.15, 0.2) is 133 Å². The summed E-state index contributed by atoms with van der Waals surface area (Å²) in [5, 5.41) is 29.7. The molecule has 1 N–H and O–H groups in total. The van der Waals surface area contributed by atoms with Crippen LogP contribution in [-0.4, -0.2) is 47.5 Å². The van der Waals surface area contributed by atoms with Gasteiger partial charge in [-0.05, 0) is 69.9 Å². The molecule has 2 aliphatic rings. The van der Waals surface area contributed by atoms with E-state index in [4.69, 9.17) is 4.74 Å². The molecule has 0 saturated heterocycles. The second-order valence-electron chi connectivity index (χ2n) is 15.3. The monoisotopic (exact) mass is 724 g/mol. The van der Waals surface area contributed by atoms with E-state index in [1.54, 1.807) is 0 Å². The number of nitrogens with zero attached hydrogens (tertiary/aromatic N) is 3. The van der Waals surface area contributed by atoms with Gasteiger partial charge in [0.1, 0.15) is 24.7 Å².